The minimum atomic E-state index is -0.164. The molecule has 26 heavy (non-hydrogen) atoms. The Balaban J connectivity index is 1.52. The number of carbonyl (C=O) groups is 2. The Labute approximate surface area is 165 Å². The molecule has 0 spiro atoms. The summed E-state index contributed by atoms with van der Waals surface area (Å²) in [7, 11) is 0. The van der Waals surface area contributed by atoms with Gasteiger partial charge in [-0.3, -0.25) is 14.5 Å². The number of nitrogens with one attached hydrogen (secondary N) is 1. The molecule has 8 heteroatoms. The van der Waals surface area contributed by atoms with E-state index >= 15 is 0 Å². The normalized spacial score (nSPS) is 15.7. The SMILES string of the molecule is O=C(CCCN1C(=O)/C(=C/c2ccco2)SC1=S)Nc1ccccc1Cl. The van der Waals surface area contributed by atoms with Gasteiger partial charge >= 0.3 is 0 Å². The molecule has 1 aliphatic heterocycles. The van der Waals surface area contributed by atoms with Crippen molar-refractivity contribution in [1.82, 2.24) is 4.90 Å². The smallest absolute Gasteiger partial charge is 0.266 e. The number of anilines is 1. The predicted octanol–water partition coefficient (Wildman–Crippen LogP) is 4.55. The van der Waals surface area contributed by atoms with E-state index in [4.69, 9.17) is 28.2 Å². The largest absolute Gasteiger partial charge is 0.465 e. The monoisotopic (exact) mass is 406 g/mol. The number of amides is 2. The van der Waals surface area contributed by atoms with Crippen LogP contribution in [0.3, 0.4) is 0 Å². The van der Waals surface area contributed by atoms with E-state index in [9.17, 15) is 9.59 Å². The Kier molecular flexibility index (Phi) is 6.13. The maximum absolute atomic E-state index is 12.4. The van der Waals surface area contributed by atoms with Gasteiger partial charge in [0, 0.05) is 19.0 Å². The highest BCUT2D eigenvalue weighted by Gasteiger charge is 2.31. The van der Waals surface area contributed by atoms with Crippen molar-refractivity contribution >= 4 is 63.5 Å². The van der Waals surface area contributed by atoms with E-state index in [-0.39, 0.29) is 18.2 Å². The first-order valence-electron chi connectivity index (χ1n) is 7.88. The Bertz CT molecular complexity index is 865. The first-order chi connectivity index (χ1) is 12.5. The third kappa shape index (κ3) is 4.55. The summed E-state index contributed by atoms with van der Waals surface area (Å²) in [5.41, 5.74) is 0.575. The lowest BCUT2D eigenvalue weighted by Crippen LogP contribution is -2.29. The molecular formula is C18H15ClN2O3S2. The van der Waals surface area contributed by atoms with Crippen molar-refractivity contribution in [2.75, 3.05) is 11.9 Å². The molecule has 1 fully saturated rings. The molecule has 134 valence electrons. The fourth-order valence-corrected chi connectivity index (χ4v) is 3.84. The molecule has 3 rings (SSSR count). The predicted molar refractivity (Wildman–Crippen MR) is 108 cm³/mol. The van der Waals surface area contributed by atoms with E-state index in [1.54, 1.807) is 48.7 Å². The third-order valence-electron chi connectivity index (χ3n) is 3.62. The standard InChI is InChI=1S/C18H15ClN2O3S2/c19-13-6-1-2-7-14(13)20-16(22)8-3-9-21-17(23)15(26-18(21)25)11-12-5-4-10-24-12/h1-2,4-7,10-11H,3,8-9H2,(H,20,22)/b15-11-. The van der Waals surface area contributed by atoms with Gasteiger partial charge in [-0.05, 0) is 30.7 Å². The highest BCUT2D eigenvalue weighted by Crippen LogP contribution is 2.32. The summed E-state index contributed by atoms with van der Waals surface area (Å²) in [4.78, 5) is 26.5. The molecule has 1 saturated heterocycles. The highest BCUT2D eigenvalue weighted by atomic mass is 35.5. The maximum atomic E-state index is 12.4. The summed E-state index contributed by atoms with van der Waals surface area (Å²) in [6.45, 7) is 0.385. The van der Waals surface area contributed by atoms with Gasteiger partial charge in [-0.25, -0.2) is 0 Å². The number of benzene rings is 1. The number of nitrogens with zero attached hydrogens (tertiary/aromatic N) is 1. The van der Waals surface area contributed by atoms with Gasteiger partial charge in [-0.2, -0.15) is 0 Å². The summed E-state index contributed by atoms with van der Waals surface area (Å²) < 4.78 is 5.71. The molecule has 0 unspecified atom stereocenters. The van der Waals surface area contributed by atoms with Crippen LogP contribution < -0.4 is 5.32 Å². The summed E-state index contributed by atoms with van der Waals surface area (Å²) in [5.74, 6) is 0.280. The first-order valence-corrected chi connectivity index (χ1v) is 9.48. The molecule has 2 amide bonds. The van der Waals surface area contributed by atoms with Gasteiger partial charge in [0.05, 0.1) is 21.9 Å². The number of hydrogen-bond donors (Lipinski definition) is 1. The zero-order chi connectivity index (χ0) is 18.5. The topological polar surface area (TPSA) is 62.6 Å². The molecule has 2 heterocycles. The van der Waals surface area contributed by atoms with Crippen molar-refractivity contribution < 1.29 is 14.0 Å². The van der Waals surface area contributed by atoms with Crippen LogP contribution in [0.5, 0.6) is 0 Å². The quantitative estimate of drug-likeness (QED) is 0.563. The highest BCUT2D eigenvalue weighted by molar-refractivity contribution is 8.26. The van der Waals surface area contributed by atoms with Crippen LogP contribution in [-0.4, -0.2) is 27.6 Å². The van der Waals surface area contributed by atoms with Gasteiger partial charge in [0.15, 0.2) is 0 Å². The second-order valence-corrected chi connectivity index (χ2v) is 7.56. The van der Waals surface area contributed by atoms with E-state index in [2.05, 4.69) is 5.32 Å². The average Bonchev–Trinajstić information content (AvgIpc) is 3.21. The molecule has 5 nitrogen and oxygen atoms in total. The third-order valence-corrected chi connectivity index (χ3v) is 5.33. The van der Waals surface area contributed by atoms with Crippen LogP contribution in [0.2, 0.25) is 5.02 Å². The zero-order valence-electron chi connectivity index (χ0n) is 13.6. The van der Waals surface area contributed by atoms with Crippen LogP contribution in [-0.2, 0) is 9.59 Å². The van der Waals surface area contributed by atoms with Crippen molar-refractivity contribution in [1.29, 1.82) is 0 Å². The van der Waals surface area contributed by atoms with Crippen LogP contribution in [0.1, 0.15) is 18.6 Å². The molecule has 0 radical (unpaired) electrons. The van der Waals surface area contributed by atoms with E-state index in [1.807, 2.05) is 0 Å². The van der Waals surface area contributed by atoms with Gasteiger partial charge in [0.2, 0.25) is 5.91 Å². The molecule has 0 aliphatic carbocycles. The van der Waals surface area contributed by atoms with Gasteiger partial charge in [0.25, 0.3) is 5.91 Å². The second kappa shape index (κ2) is 8.53. The van der Waals surface area contributed by atoms with E-state index in [0.29, 0.717) is 38.7 Å². The summed E-state index contributed by atoms with van der Waals surface area (Å²) in [6.07, 6.45) is 3.98. The molecule has 0 bridgehead atoms. The number of thioether (sulfide) groups is 1. The number of hydrogen-bond acceptors (Lipinski definition) is 5. The maximum Gasteiger partial charge on any atom is 0.266 e. The van der Waals surface area contributed by atoms with E-state index in [0.717, 1.165) is 0 Å². The van der Waals surface area contributed by atoms with Crippen LogP contribution in [0, 0.1) is 0 Å². The lowest BCUT2D eigenvalue weighted by molar-refractivity contribution is -0.122. The molecule has 0 atom stereocenters. The minimum absolute atomic E-state index is 0.158. The fourth-order valence-electron chi connectivity index (χ4n) is 2.37. The second-order valence-electron chi connectivity index (χ2n) is 5.48. The van der Waals surface area contributed by atoms with Gasteiger partial charge in [-0.1, -0.05) is 47.7 Å². The van der Waals surface area contributed by atoms with Gasteiger partial charge < -0.3 is 9.73 Å². The number of carbonyl (C=O) groups excluding carboxylic acids is 2. The van der Waals surface area contributed by atoms with Crippen molar-refractivity contribution in [3.05, 3.63) is 58.3 Å². The van der Waals surface area contributed by atoms with E-state index in [1.165, 1.54) is 16.7 Å². The summed E-state index contributed by atoms with van der Waals surface area (Å²) in [6, 6.07) is 10.6. The van der Waals surface area contributed by atoms with Crippen molar-refractivity contribution in [3.8, 4) is 0 Å². The summed E-state index contributed by atoms with van der Waals surface area (Å²) >= 11 is 12.5. The van der Waals surface area contributed by atoms with Crippen molar-refractivity contribution in [2.45, 2.75) is 12.8 Å². The molecule has 1 aromatic heterocycles. The van der Waals surface area contributed by atoms with Gasteiger partial charge in [0.1, 0.15) is 10.1 Å². The Hall–Kier alpha value is -2.09. The van der Waals surface area contributed by atoms with Crippen LogP contribution in [0.15, 0.2) is 52.0 Å². The van der Waals surface area contributed by atoms with Crippen LogP contribution >= 0.6 is 35.6 Å². The number of rotatable bonds is 6. The first kappa shape index (κ1) is 18.7. The van der Waals surface area contributed by atoms with Crippen molar-refractivity contribution in [2.24, 2.45) is 0 Å². The van der Waals surface area contributed by atoms with Crippen LogP contribution in [0.25, 0.3) is 6.08 Å². The Morgan fingerprint density at radius 2 is 2.12 bits per heavy atom. The molecule has 1 aromatic carbocycles. The number of furan rings is 1. The van der Waals surface area contributed by atoms with E-state index < -0.39 is 0 Å². The minimum Gasteiger partial charge on any atom is -0.465 e. The molecular weight excluding hydrogens is 392 g/mol. The number of thiocarbonyl (C=S) groups is 1. The lowest BCUT2D eigenvalue weighted by Gasteiger charge is -2.14. The fraction of sp³-hybridized carbons (Fsp3) is 0.167. The zero-order valence-corrected chi connectivity index (χ0v) is 16.0. The lowest BCUT2D eigenvalue weighted by atomic mass is 10.2. The number of para-hydroxylation sites is 1. The molecule has 2 aromatic rings. The average molecular weight is 407 g/mol. The van der Waals surface area contributed by atoms with Crippen molar-refractivity contribution in [3.63, 3.8) is 0 Å². The Morgan fingerprint density at radius 1 is 1.31 bits per heavy atom. The Morgan fingerprint density at radius 3 is 2.85 bits per heavy atom. The summed E-state index contributed by atoms with van der Waals surface area (Å²) in [5, 5.41) is 3.25. The van der Waals surface area contributed by atoms with Crippen LogP contribution in [0.4, 0.5) is 5.69 Å². The molecule has 1 N–H and O–H groups in total. The molecule has 0 saturated carbocycles. The van der Waals surface area contributed by atoms with Gasteiger partial charge in [-0.15, -0.1) is 0 Å². The molecule has 1 aliphatic rings. The number of halogens is 1.